The quantitative estimate of drug-likeness (QED) is 0.571. The molecule has 0 spiro atoms. The molecule has 0 unspecified atom stereocenters. The standard InChI is InChI=1S/C22H22F2N2O2S/c1-2-3-17-21(15-6-4-13(12-27)5-7-15)26-18(29-17)11-9-14-8-10-16(23)19(20(14)24)22(25)28/h4-8,10,27H,2-3,9,11-12H2,1H3,(H2,25,28). The first-order valence-corrected chi connectivity index (χ1v) is 10.2. The van der Waals surface area contributed by atoms with Gasteiger partial charge in [0.1, 0.15) is 17.2 Å². The number of nitrogens with two attached hydrogens (primary N) is 1. The molecule has 0 bridgehead atoms. The van der Waals surface area contributed by atoms with E-state index >= 15 is 0 Å². The Kier molecular flexibility index (Phi) is 6.71. The van der Waals surface area contributed by atoms with Gasteiger partial charge in [-0.25, -0.2) is 13.8 Å². The van der Waals surface area contributed by atoms with Gasteiger partial charge in [0.2, 0.25) is 0 Å². The molecule has 1 amide bonds. The van der Waals surface area contributed by atoms with E-state index in [1.165, 1.54) is 6.07 Å². The minimum atomic E-state index is -1.12. The Balaban J connectivity index is 1.85. The Morgan fingerprint density at radius 3 is 2.45 bits per heavy atom. The summed E-state index contributed by atoms with van der Waals surface area (Å²) >= 11 is 1.58. The monoisotopic (exact) mass is 416 g/mol. The Hall–Kier alpha value is -2.64. The van der Waals surface area contributed by atoms with Crippen molar-refractivity contribution in [2.45, 2.75) is 39.2 Å². The fourth-order valence-corrected chi connectivity index (χ4v) is 4.35. The summed E-state index contributed by atoms with van der Waals surface area (Å²) < 4.78 is 28.1. The SMILES string of the molecule is CCCc1sc(CCc2ccc(F)c(C(N)=O)c2F)nc1-c1ccc(CO)cc1. The highest BCUT2D eigenvalue weighted by atomic mass is 32.1. The molecule has 0 saturated heterocycles. The number of amides is 1. The van der Waals surface area contributed by atoms with Crippen LogP contribution in [-0.4, -0.2) is 16.0 Å². The molecule has 4 nitrogen and oxygen atoms in total. The van der Waals surface area contributed by atoms with Gasteiger partial charge in [0.15, 0.2) is 0 Å². The molecule has 0 atom stereocenters. The third-order valence-electron chi connectivity index (χ3n) is 4.65. The summed E-state index contributed by atoms with van der Waals surface area (Å²) in [6.45, 7) is 2.08. The van der Waals surface area contributed by atoms with E-state index in [0.29, 0.717) is 6.42 Å². The summed E-state index contributed by atoms with van der Waals surface area (Å²) in [6.07, 6.45) is 2.61. The zero-order chi connectivity index (χ0) is 21.0. The van der Waals surface area contributed by atoms with Gasteiger partial charge in [-0.05, 0) is 30.0 Å². The maximum Gasteiger partial charge on any atom is 0.254 e. The number of halogens is 2. The molecule has 0 radical (unpaired) electrons. The highest BCUT2D eigenvalue weighted by Gasteiger charge is 2.19. The van der Waals surface area contributed by atoms with Crippen molar-refractivity contribution in [3.63, 3.8) is 0 Å². The lowest BCUT2D eigenvalue weighted by Crippen LogP contribution is -2.17. The molecule has 29 heavy (non-hydrogen) atoms. The predicted molar refractivity (Wildman–Crippen MR) is 110 cm³/mol. The van der Waals surface area contributed by atoms with Gasteiger partial charge >= 0.3 is 0 Å². The zero-order valence-electron chi connectivity index (χ0n) is 16.0. The molecule has 152 valence electrons. The lowest BCUT2D eigenvalue weighted by molar-refractivity contribution is 0.0992. The Bertz CT molecular complexity index is 1020. The van der Waals surface area contributed by atoms with Crippen molar-refractivity contribution in [2.75, 3.05) is 0 Å². The molecule has 1 heterocycles. The molecule has 0 fully saturated rings. The third-order valence-corrected chi connectivity index (χ3v) is 5.83. The van der Waals surface area contributed by atoms with Gasteiger partial charge in [-0.1, -0.05) is 43.7 Å². The van der Waals surface area contributed by atoms with Crippen LogP contribution in [0.3, 0.4) is 0 Å². The Morgan fingerprint density at radius 2 is 1.83 bits per heavy atom. The number of hydrogen-bond acceptors (Lipinski definition) is 4. The van der Waals surface area contributed by atoms with Crippen LogP contribution in [0.25, 0.3) is 11.3 Å². The van der Waals surface area contributed by atoms with Crippen LogP contribution in [0.2, 0.25) is 0 Å². The van der Waals surface area contributed by atoms with Gasteiger partial charge in [-0.2, -0.15) is 0 Å². The number of thiazole rings is 1. The summed E-state index contributed by atoms with van der Waals surface area (Å²) in [5.41, 5.74) is 7.33. The normalized spacial score (nSPS) is 11.0. The summed E-state index contributed by atoms with van der Waals surface area (Å²) in [5, 5.41) is 10.1. The van der Waals surface area contributed by atoms with Gasteiger partial charge < -0.3 is 10.8 Å². The highest BCUT2D eigenvalue weighted by molar-refractivity contribution is 7.12. The topological polar surface area (TPSA) is 76.2 Å². The first-order valence-electron chi connectivity index (χ1n) is 9.40. The van der Waals surface area contributed by atoms with Crippen molar-refractivity contribution in [3.05, 3.63) is 74.6 Å². The van der Waals surface area contributed by atoms with Crippen LogP contribution in [0.4, 0.5) is 8.78 Å². The zero-order valence-corrected chi connectivity index (χ0v) is 16.9. The number of hydrogen-bond donors (Lipinski definition) is 2. The predicted octanol–water partition coefficient (Wildman–Crippen LogP) is 4.42. The fourth-order valence-electron chi connectivity index (χ4n) is 3.15. The molecule has 7 heteroatoms. The van der Waals surface area contributed by atoms with Gasteiger partial charge in [0, 0.05) is 16.9 Å². The smallest absolute Gasteiger partial charge is 0.254 e. The number of primary amides is 1. The highest BCUT2D eigenvalue weighted by Crippen LogP contribution is 2.31. The maximum absolute atomic E-state index is 14.5. The second-order valence-corrected chi connectivity index (χ2v) is 7.91. The van der Waals surface area contributed by atoms with Crippen molar-refractivity contribution in [2.24, 2.45) is 5.73 Å². The van der Waals surface area contributed by atoms with Crippen molar-refractivity contribution in [1.29, 1.82) is 0 Å². The van der Waals surface area contributed by atoms with E-state index in [1.807, 2.05) is 24.3 Å². The van der Waals surface area contributed by atoms with E-state index in [-0.39, 0.29) is 18.6 Å². The molecule has 2 aromatic carbocycles. The van der Waals surface area contributed by atoms with Crippen LogP contribution in [-0.2, 0) is 25.9 Å². The van der Waals surface area contributed by atoms with E-state index in [1.54, 1.807) is 11.3 Å². The van der Waals surface area contributed by atoms with Gasteiger partial charge in [0.25, 0.3) is 5.91 Å². The van der Waals surface area contributed by atoms with E-state index in [2.05, 4.69) is 6.92 Å². The molecule has 1 aromatic heterocycles. The van der Waals surface area contributed by atoms with E-state index < -0.39 is 23.1 Å². The fraction of sp³-hybridized carbons (Fsp3) is 0.273. The van der Waals surface area contributed by atoms with Crippen LogP contribution in [0.1, 0.15) is 44.7 Å². The first-order chi connectivity index (χ1) is 13.9. The van der Waals surface area contributed by atoms with E-state index in [0.717, 1.165) is 45.6 Å². The lowest BCUT2D eigenvalue weighted by atomic mass is 10.0. The molecule has 0 saturated carbocycles. The maximum atomic E-state index is 14.5. The number of aryl methyl sites for hydroxylation is 3. The molecule has 3 aromatic rings. The van der Waals surface area contributed by atoms with Crippen molar-refractivity contribution >= 4 is 17.2 Å². The molecular weight excluding hydrogens is 394 g/mol. The van der Waals surface area contributed by atoms with Gasteiger partial charge in [0.05, 0.1) is 17.3 Å². The average molecular weight is 416 g/mol. The van der Waals surface area contributed by atoms with Crippen LogP contribution >= 0.6 is 11.3 Å². The minimum absolute atomic E-state index is 0.0130. The summed E-state index contributed by atoms with van der Waals surface area (Å²) in [5.74, 6) is -2.97. The second kappa shape index (κ2) is 9.24. The number of benzene rings is 2. The number of aliphatic hydroxyl groups is 1. The van der Waals surface area contributed by atoms with Crippen LogP contribution in [0.15, 0.2) is 36.4 Å². The average Bonchev–Trinajstić information content (AvgIpc) is 3.10. The molecule has 0 aliphatic carbocycles. The lowest BCUT2D eigenvalue weighted by Gasteiger charge is -2.06. The number of nitrogens with zero attached hydrogens (tertiary/aromatic N) is 1. The summed E-state index contributed by atoms with van der Waals surface area (Å²) in [6, 6.07) is 10.0. The molecular formula is C22H22F2N2O2S. The number of carbonyl (C=O) groups excluding carboxylic acids is 1. The number of rotatable bonds is 8. The van der Waals surface area contributed by atoms with Gasteiger partial charge in [-0.3, -0.25) is 4.79 Å². The van der Waals surface area contributed by atoms with E-state index in [9.17, 15) is 18.7 Å². The largest absolute Gasteiger partial charge is 0.392 e. The summed E-state index contributed by atoms with van der Waals surface area (Å²) in [4.78, 5) is 17.2. The Morgan fingerprint density at radius 1 is 1.10 bits per heavy atom. The van der Waals surface area contributed by atoms with Gasteiger partial charge in [-0.15, -0.1) is 11.3 Å². The van der Waals surface area contributed by atoms with Crippen molar-refractivity contribution < 1.29 is 18.7 Å². The molecule has 0 aliphatic heterocycles. The minimum Gasteiger partial charge on any atom is -0.392 e. The molecule has 0 aliphatic rings. The first kappa shape index (κ1) is 21.1. The van der Waals surface area contributed by atoms with Crippen molar-refractivity contribution in [1.82, 2.24) is 4.98 Å². The van der Waals surface area contributed by atoms with Crippen LogP contribution in [0, 0.1) is 11.6 Å². The Labute approximate surface area is 172 Å². The number of carbonyl (C=O) groups is 1. The van der Waals surface area contributed by atoms with Crippen LogP contribution < -0.4 is 5.73 Å². The van der Waals surface area contributed by atoms with Crippen molar-refractivity contribution in [3.8, 4) is 11.3 Å². The number of aliphatic hydroxyl groups excluding tert-OH is 1. The summed E-state index contributed by atoms with van der Waals surface area (Å²) in [7, 11) is 0. The molecule has 3 rings (SSSR count). The third kappa shape index (κ3) is 4.68. The van der Waals surface area contributed by atoms with Crippen LogP contribution in [0.5, 0.6) is 0 Å². The van der Waals surface area contributed by atoms with E-state index in [4.69, 9.17) is 10.7 Å². The second-order valence-electron chi connectivity index (χ2n) is 6.74. The molecule has 3 N–H and O–H groups in total. The number of aromatic nitrogens is 1.